The smallest absolute Gasteiger partial charge is 0.257 e. The minimum absolute atomic E-state index is 0.000569. The van der Waals surface area contributed by atoms with Gasteiger partial charge in [0.05, 0.1) is 17.7 Å². The zero-order valence-electron chi connectivity index (χ0n) is 14.2. The highest BCUT2D eigenvalue weighted by Gasteiger charge is 2.50. The number of aromatic nitrogens is 1. The molecule has 0 saturated carbocycles. The van der Waals surface area contributed by atoms with E-state index in [0.717, 1.165) is 24.8 Å². The van der Waals surface area contributed by atoms with Crippen LogP contribution in [-0.2, 0) is 4.79 Å². The molecule has 6 nitrogen and oxygen atoms in total. The van der Waals surface area contributed by atoms with E-state index >= 15 is 0 Å². The summed E-state index contributed by atoms with van der Waals surface area (Å²) in [5, 5.41) is 0. The number of likely N-dealkylation sites (N-methyl/N-ethyl adjacent to an activating group) is 1. The average Bonchev–Trinajstić information content (AvgIpc) is 3.27. The molecule has 0 aromatic carbocycles. The second-order valence-electron chi connectivity index (χ2n) is 6.97. The number of likely N-dealkylation sites (tertiary alicyclic amines) is 2. The number of nitrogens with zero attached hydrogens (tertiary/aromatic N) is 3. The molecule has 2 fully saturated rings. The summed E-state index contributed by atoms with van der Waals surface area (Å²) in [5.41, 5.74) is 1.40. The van der Waals surface area contributed by atoms with Gasteiger partial charge in [-0.1, -0.05) is 6.07 Å². The molecule has 2 aliphatic heterocycles. The van der Waals surface area contributed by atoms with E-state index in [2.05, 4.69) is 4.98 Å². The van der Waals surface area contributed by atoms with Gasteiger partial charge in [-0.05, 0) is 37.0 Å². The van der Waals surface area contributed by atoms with E-state index in [0.29, 0.717) is 18.7 Å². The third-order valence-electron chi connectivity index (χ3n) is 5.76. The standard InChI is InChI=1S/C19H21N3O3/c1-21-18(24)16(14-3-2-7-20-12-14)11-19(21)5-8-22(9-6-19)17(23)15-4-10-25-13-15/h2-4,7,10,12-13,16H,5-6,8-9,11H2,1H3/t16-/m1/s1. The Bertz CT molecular complexity index is 764. The highest BCUT2D eigenvalue weighted by molar-refractivity contribution is 5.94. The first-order valence-corrected chi connectivity index (χ1v) is 8.60. The fourth-order valence-corrected chi connectivity index (χ4v) is 4.15. The lowest BCUT2D eigenvalue weighted by Crippen LogP contribution is -2.52. The maximum atomic E-state index is 12.8. The van der Waals surface area contributed by atoms with Gasteiger partial charge >= 0.3 is 0 Å². The van der Waals surface area contributed by atoms with Crippen molar-refractivity contribution >= 4 is 11.8 Å². The fourth-order valence-electron chi connectivity index (χ4n) is 4.15. The zero-order chi connectivity index (χ0) is 17.4. The van der Waals surface area contributed by atoms with Gasteiger partial charge < -0.3 is 14.2 Å². The Hall–Kier alpha value is -2.63. The molecule has 0 unspecified atom stereocenters. The van der Waals surface area contributed by atoms with Crippen LogP contribution in [0.25, 0.3) is 0 Å². The van der Waals surface area contributed by atoms with Crippen LogP contribution in [0.1, 0.15) is 41.1 Å². The first-order valence-electron chi connectivity index (χ1n) is 8.60. The van der Waals surface area contributed by atoms with E-state index in [1.54, 1.807) is 18.5 Å². The van der Waals surface area contributed by atoms with Gasteiger partial charge in [0.15, 0.2) is 0 Å². The van der Waals surface area contributed by atoms with Crippen molar-refractivity contribution in [3.05, 3.63) is 54.2 Å². The topological polar surface area (TPSA) is 66.7 Å². The number of hydrogen-bond acceptors (Lipinski definition) is 4. The number of carbonyl (C=O) groups excluding carboxylic acids is 2. The molecule has 0 radical (unpaired) electrons. The van der Waals surface area contributed by atoms with Crippen molar-refractivity contribution in [1.29, 1.82) is 0 Å². The van der Waals surface area contributed by atoms with Crippen LogP contribution in [0.4, 0.5) is 0 Å². The predicted molar refractivity (Wildman–Crippen MR) is 90.9 cm³/mol. The van der Waals surface area contributed by atoms with Crippen LogP contribution >= 0.6 is 0 Å². The Labute approximate surface area is 146 Å². The molecule has 130 valence electrons. The minimum atomic E-state index is -0.162. The molecular weight excluding hydrogens is 318 g/mol. The Kier molecular flexibility index (Phi) is 3.82. The lowest BCUT2D eigenvalue weighted by molar-refractivity contribution is -0.131. The SMILES string of the molecule is CN1C(=O)[C@@H](c2cccnc2)CC12CCN(C(=O)c1ccoc1)CC2. The van der Waals surface area contributed by atoms with Crippen molar-refractivity contribution in [2.45, 2.75) is 30.7 Å². The number of pyridine rings is 1. The quantitative estimate of drug-likeness (QED) is 0.842. The number of furan rings is 1. The third-order valence-corrected chi connectivity index (χ3v) is 5.76. The second kappa shape index (κ2) is 6.02. The first-order chi connectivity index (χ1) is 12.1. The summed E-state index contributed by atoms with van der Waals surface area (Å²) in [6.07, 6.45) is 8.90. The molecule has 4 rings (SSSR count). The monoisotopic (exact) mass is 339 g/mol. The number of carbonyl (C=O) groups is 2. The van der Waals surface area contributed by atoms with Gasteiger partial charge in [-0.25, -0.2) is 0 Å². The summed E-state index contributed by atoms with van der Waals surface area (Å²) in [6.45, 7) is 1.31. The van der Waals surface area contributed by atoms with Crippen molar-refractivity contribution in [3.8, 4) is 0 Å². The number of amides is 2. The van der Waals surface area contributed by atoms with E-state index in [1.807, 2.05) is 29.0 Å². The summed E-state index contributed by atoms with van der Waals surface area (Å²) >= 11 is 0. The summed E-state index contributed by atoms with van der Waals surface area (Å²) in [5.74, 6) is 0.0248. The van der Waals surface area contributed by atoms with Gasteiger partial charge in [-0.3, -0.25) is 14.6 Å². The van der Waals surface area contributed by atoms with Gasteiger partial charge in [-0.15, -0.1) is 0 Å². The molecule has 1 atom stereocenters. The lowest BCUT2D eigenvalue weighted by Gasteiger charge is -2.43. The van der Waals surface area contributed by atoms with Crippen molar-refractivity contribution in [2.24, 2.45) is 0 Å². The fraction of sp³-hybridized carbons (Fsp3) is 0.421. The highest BCUT2D eigenvalue weighted by Crippen LogP contribution is 2.44. The molecule has 4 heterocycles. The van der Waals surface area contributed by atoms with Crippen molar-refractivity contribution in [1.82, 2.24) is 14.8 Å². The maximum absolute atomic E-state index is 12.8. The molecule has 0 N–H and O–H groups in total. The minimum Gasteiger partial charge on any atom is -0.472 e. The number of rotatable bonds is 2. The van der Waals surface area contributed by atoms with Gasteiger partial charge in [0.1, 0.15) is 6.26 Å². The predicted octanol–water partition coefficient (Wildman–Crippen LogP) is 2.30. The van der Waals surface area contributed by atoms with Crippen LogP contribution in [0.2, 0.25) is 0 Å². The number of piperidine rings is 1. The summed E-state index contributed by atoms with van der Waals surface area (Å²) in [6, 6.07) is 5.54. The molecule has 2 saturated heterocycles. The Morgan fingerprint density at radius 3 is 2.76 bits per heavy atom. The van der Waals surface area contributed by atoms with Crippen LogP contribution in [0.15, 0.2) is 47.5 Å². The normalized spacial score (nSPS) is 22.6. The molecule has 0 aliphatic carbocycles. The zero-order valence-corrected chi connectivity index (χ0v) is 14.2. The van der Waals surface area contributed by atoms with Crippen molar-refractivity contribution in [2.75, 3.05) is 20.1 Å². The van der Waals surface area contributed by atoms with Crippen LogP contribution in [0.5, 0.6) is 0 Å². The molecule has 2 amide bonds. The van der Waals surface area contributed by atoms with E-state index in [9.17, 15) is 9.59 Å². The van der Waals surface area contributed by atoms with Crippen LogP contribution < -0.4 is 0 Å². The largest absolute Gasteiger partial charge is 0.472 e. The molecular formula is C19H21N3O3. The van der Waals surface area contributed by atoms with Gasteiger partial charge in [-0.2, -0.15) is 0 Å². The summed E-state index contributed by atoms with van der Waals surface area (Å²) in [4.78, 5) is 33.2. The molecule has 2 aromatic heterocycles. The van der Waals surface area contributed by atoms with Crippen molar-refractivity contribution in [3.63, 3.8) is 0 Å². The molecule has 2 aromatic rings. The maximum Gasteiger partial charge on any atom is 0.257 e. The van der Waals surface area contributed by atoms with E-state index < -0.39 is 0 Å². The first kappa shape index (κ1) is 15.9. The highest BCUT2D eigenvalue weighted by atomic mass is 16.3. The van der Waals surface area contributed by atoms with Gasteiger partial charge in [0, 0.05) is 38.1 Å². The Morgan fingerprint density at radius 2 is 2.12 bits per heavy atom. The molecule has 2 aliphatic rings. The Morgan fingerprint density at radius 1 is 1.32 bits per heavy atom. The van der Waals surface area contributed by atoms with E-state index in [-0.39, 0.29) is 23.3 Å². The van der Waals surface area contributed by atoms with Crippen LogP contribution in [0.3, 0.4) is 0 Å². The summed E-state index contributed by atoms with van der Waals surface area (Å²) in [7, 11) is 1.90. The number of hydrogen-bond donors (Lipinski definition) is 0. The molecule has 0 bridgehead atoms. The van der Waals surface area contributed by atoms with E-state index in [4.69, 9.17) is 4.42 Å². The van der Waals surface area contributed by atoms with Crippen molar-refractivity contribution < 1.29 is 14.0 Å². The summed E-state index contributed by atoms with van der Waals surface area (Å²) < 4.78 is 5.01. The van der Waals surface area contributed by atoms with Crippen LogP contribution in [-0.4, -0.2) is 52.3 Å². The van der Waals surface area contributed by atoms with Gasteiger partial charge in [0.25, 0.3) is 5.91 Å². The molecule has 1 spiro atoms. The second-order valence-corrected chi connectivity index (χ2v) is 6.97. The molecule has 6 heteroatoms. The average molecular weight is 339 g/mol. The molecule has 25 heavy (non-hydrogen) atoms. The Balaban J connectivity index is 1.49. The third kappa shape index (κ3) is 2.62. The van der Waals surface area contributed by atoms with Gasteiger partial charge in [0.2, 0.25) is 5.91 Å². The van der Waals surface area contributed by atoms with E-state index in [1.165, 1.54) is 12.5 Å². The van der Waals surface area contributed by atoms with Crippen LogP contribution in [0, 0.1) is 0 Å². The lowest BCUT2D eigenvalue weighted by atomic mass is 9.81.